The van der Waals surface area contributed by atoms with E-state index in [1.807, 2.05) is 6.92 Å². The van der Waals surface area contributed by atoms with Gasteiger partial charge in [-0.05, 0) is 19.3 Å². The number of methoxy groups -OCH3 is 1. The van der Waals surface area contributed by atoms with Crippen LogP contribution in [0, 0.1) is 0 Å². The Labute approximate surface area is 100 Å². The van der Waals surface area contributed by atoms with Crippen LogP contribution in [0.2, 0.25) is 0 Å². The lowest BCUT2D eigenvalue weighted by atomic mass is 10.2. The van der Waals surface area contributed by atoms with Gasteiger partial charge in [-0.1, -0.05) is 6.92 Å². The second kappa shape index (κ2) is 5.27. The number of carbonyl (C=O) groups is 1. The number of hydrogen-bond acceptors (Lipinski definition) is 4. The molecule has 1 aromatic rings. The third-order valence-corrected chi connectivity index (χ3v) is 3.14. The molecule has 1 aliphatic carbocycles. The molecule has 1 saturated carbocycles. The smallest absolute Gasteiger partial charge is 0.291 e. The van der Waals surface area contributed by atoms with Crippen molar-refractivity contribution in [2.24, 2.45) is 0 Å². The molecule has 0 spiro atoms. The largest absolute Gasteiger partial charge is 0.379 e. The number of aryl methyl sites for hydroxylation is 1. The number of aromatic amines is 1. The molecule has 0 aliphatic heterocycles. The van der Waals surface area contributed by atoms with Crippen molar-refractivity contribution in [3.05, 3.63) is 11.6 Å². The summed E-state index contributed by atoms with van der Waals surface area (Å²) in [6.07, 6.45) is 3.89. The first kappa shape index (κ1) is 12.0. The van der Waals surface area contributed by atoms with Crippen molar-refractivity contribution in [3.8, 4) is 0 Å². The molecule has 0 radical (unpaired) electrons. The summed E-state index contributed by atoms with van der Waals surface area (Å²) in [6.45, 7) is 1.96. The van der Waals surface area contributed by atoms with Gasteiger partial charge in [-0.15, -0.1) is 5.10 Å². The van der Waals surface area contributed by atoms with E-state index in [1.165, 1.54) is 0 Å². The molecule has 0 saturated heterocycles. The second-order valence-corrected chi connectivity index (χ2v) is 4.24. The number of rotatable bonds is 4. The van der Waals surface area contributed by atoms with E-state index in [1.54, 1.807) is 7.11 Å². The molecule has 2 unspecified atom stereocenters. The van der Waals surface area contributed by atoms with Gasteiger partial charge in [-0.2, -0.15) is 0 Å². The first-order valence-corrected chi connectivity index (χ1v) is 5.99. The molecule has 94 valence electrons. The Balaban J connectivity index is 1.96. The number of amides is 1. The van der Waals surface area contributed by atoms with E-state index in [-0.39, 0.29) is 23.9 Å². The predicted octanol–water partition coefficient (Wildman–Crippen LogP) is 0.664. The summed E-state index contributed by atoms with van der Waals surface area (Å²) in [5.41, 5.74) is 0. The maximum atomic E-state index is 11.9. The molecule has 2 N–H and O–H groups in total. The predicted molar refractivity (Wildman–Crippen MR) is 61.7 cm³/mol. The van der Waals surface area contributed by atoms with Crippen LogP contribution in [0.5, 0.6) is 0 Å². The quantitative estimate of drug-likeness (QED) is 0.807. The Morgan fingerprint density at radius 2 is 2.41 bits per heavy atom. The van der Waals surface area contributed by atoms with Gasteiger partial charge in [0.05, 0.1) is 12.1 Å². The van der Waals surface area contributed by atoms with Crippen LogP contribution in [0.25, 0.3) is 0 Å². The van der Waals surface area contributed by atoms with E-state index in [4.69, 9.17) is 4.74 Å². The van der Waals surface area contributed by atoms with Gasteiger partial charge >= 0.3 is 0 Å². The summed E-state index contributed by atoms with van der Waals surface area (Å²) >= 11 is 0. The standard InChI is InChI=1S/C11H18N4O2/c1-3-9-13-10(15-14-9)11(16)12-7-5-4-6-8(7)17-2/h7-8H,3-6H2,1-2H3,(H,12,16)(H,13,14,15). The van der Waals surface area contributed by atoms with Crippen molar-refractivity contribution in [3.63, 3.8) is 0 Å². The van der Waals surface area contributed by atoms with Crippen LogP contribution in [0.3, 0.4) is 0 Å². The fraction of sp³-hybridized carbons (Fsp3) is 0.727. The van der Waals surface area contributed by atoms with Crippen molar-refractivity contribution in [1.82, 2.24) is 20.5 Å². The number of hydrogen-bond donors (Lipinski definition) is 2. The Kier molecular flexibility index (Phi) is 3.73. The molecule has 1 heterocycles. The second-order valence-electron chi connectivity index (χ2n) is 4.24. The van der Waals surface area contributed by atoms with Crippen LogP contribution < -0.4 is 5.32 Å². The minimum Gasteiger partial charge on any atom is -0.379 e. The lowest BCUT2D eigenvalue weighted by molar-refractivity contribution is 0.0716. The van der Waals surface area contributed by atoms with Crippen molar-refractivity contribution in [2.75, 3.05) is 7.11 Å². The molecule has 2 atom stereocenters. The topological polar surface area (TPSA) is 79.9 Å². The summed E-state index contributed by atoms with van der Waals surface area (Å²) in [7, 11) is 1.68. The van der Waals surface area contributed by atoms with Crippen LogP contribution in [0.15, 0.2) is 0 Å². The van der Waals surface area contributed by atoms with E-state index >= 15 is 0 Å². The maximum Gasteiger partial charge on any atom is 0.291 e. The fourth-order valence-corrected chi connectivity index (χ4v) is 2.16. The summed E-state index contributed by atoms with van der Waals surface area (Å²) in [6, 6.07) is 0.0797. The third-order valence-electron chi connectivity index (χ3n) is 3.14. The molecule has 0 bridgehead atoms. The van der Waals surface area contributed by atoms with Crippen molar-refractivity contribution in [1.29, 1.82) is 0 Å². The zero-order valence-electron chi connectivity index (χ0n) is 10.2. The lowest BCUT2D eigenvalue weighted by Gasteiger charge is -2.18. The summed E-state index contributed by atoms with van der Waals surface area (Å²) in [4.78, 5) is 16.0. The van der Waals surface area contributed by atoms with Crippen LogP contribution in [0.1, 0.15) is 42.6 Å². The number of nitrogens with one attached hydrogen (secondary N) is 2. The molecule has 6 heteroatoms. The first-order chi connectivity index (χ1) is 8.24. The van der Waals surface area contributed by atoms with Gasteiger partial charge in [-0.3, -0.25) is 9.89 Å². The van der Waals surface area contributed by atoms with E-state index in [0.29, 0.717) is 0 Å². The summed E-state index contributed by atoms with van der Waals surface area (Å²) < 4.78 is 5.32. The number of nitrogens with zero attached hydrogens (tertiary/aromatic N) is 2. The maximum absolute atomic E-state index is 11.9. The Hall–Kier alpha value is -1.43. The van der Waals surface area contributed by atoms with Gasteiger partial charge in [0.2, 0.25) is 5.82 Å². The van der Waals surface area contributed by atoms with Gasteiger partial charge in [0.1, 0.15) is 5.82 Å². The van der Waals surface area contributed by atoms with Crippen LogP contribution in [0.4, 0.5) is 0 Å². The van der Waals surface area contributed by atoms with E-state index < -0.39 is 0 Å². The van der Waals surface area contributed by atoms with Crippen molar-refractivity contribution >= 4 is 5.91 Å². The lowest BCUT2D eigenvalue weighted by Crippen LogP contribution is -2.41. The normalized spacial score (nSPS) is 23.9. The number of aromatic nitrogens is 3. The highest BCUT2D eigenvalue weighted by Gasteiger charge is 2.29. The van der Waals surface area contributed by atoms with Crippen LogP contribution in [-0.4, -0.2) is 40.3 Å². The molecule has 17 heavy (non-hydrogen) atoms. The van der Waals surface area contributed by atoms with Gasteiger partial charge in [0.25, 0.3) is 5.91 Å². The zero-order chi connectivity index (χ0) is 12.3. The van der Waals surface area contributed by atoms with Crippen LogP contribution in [-0.2, 0) is 11.2 Å². The molecular formula is C11H18N4O2. The first-order valence-electron chi connectivity index (χ1n) is 5.99. The highest BCUT2D eigenvalue weighted by Crippen LogP contribution is 2.21. The zero-order valence-corrected chi connectivity index (χ0v) is 10.2. The summed E-state index contributed by atoms with van der Waals surface area (Å²) in [5.74, 6) is 0.711. The number of ether oxygens (including phenoxy) is 1. The van der Waals surface area contributed by atoms with Gasteiger partial charge < -0.3 is 10.1 Å². The van der Waals surface area contributed by atoms with Crippen molar-refractivity contribution < 1.29 is 9.53 Å². The van der Waals surface area contributed by atoms with Gasteiger partial charge in [0.15, 0.2) is 0 Å². The molecule has 1 fully saturated rings. The Morgan fingerprint density at radius 3 is 3.06 bits per heavy atom. The van der Waals surface area contributed by atoms with E-state index in [2.05, 4.69) is 20.5 Å². The minimum absolute atomic E-state index is 0.0797. The molecule has 1 aliphatic rings. The number of H-pyrrole nitrogens is 1. The minimum atomic E-state index is -0.227. The highest BCUT2D eigenvalue weighted by molar-refractivity contribution is 5.90. The molecule has 0 aromatic carbocycles. The average molecular weight is 238 g/mol. The SMILES string of the molecule is CCc1nc(C(=O)NC2CCCC2OC)n[nH]1. The van der Waals surface area contributed by atoms with Gasteiger partial charge in [0, 0.05) is 13.5 Å². The Morgan fingerprint density at radius 1 is 1.59 bits per heavy atom. The van der Waals surface area contributed by atoms with Crippen molar-refractivity contribution in [2.45, 2.75) is 44.8 Å². The summed E-state index contributed by atoms with van der Waals surface area (Å²) in [5, 5.41) is 9.55. The molecule has 2 rings (SSSR count). The molecule has 1 amide bonds. The third kappa shape index (κ3) is 2.63. The molecule has 6 nitrogen and oxygen atoms in total. The van der Waals surface area contributed by atoms with E-state index in [0.717, 1.165) is 31.5 Å². The van der Waals surface area contributed by atoms with Crippen LogP contribution >= 0.6 is 0 Å². The van der Waals surface area contributed by atoms with E-state index in [9.17, 15) is 4.79 Å². The monoisotopic (exact) mass is 238 g/mol. The highest BCUT2D eigenvalue weighted by atomic mass is 16.5. The average Bonchev–Trinajstić information content (AvgIpc) is 2.96. The molecule has 1 aromatic heterocycles. The number of carbonyl (C=O) groups excluding carboxylic acids is 1. The fourth-order valence-electron chi connectivity index (χ4n) is 2.16. The van der Waals surface area contributed by atoms with Gasteiger partial charge in [-0.25, -0.2) is 4.98 Å². The molecular weight excluding hydrogens is 220 g/mol. The Bertz CT molecular complexity index is 391.